The minimum atomic E-state index is -4.76. The Morgan fingerprint density at radius 2 is 2.04 bits per heavy atom. The van der Waals surface area contributed by atoms with Crippen molar-refractivity contribution in [1.82, 2.24) is 20.3 Å². The SMILES string of the molecule is O=C(NC(CC(F)(F)F)C(=O)O)c1cn(Cc2cccc(F)c2)nn1. The number of hydrogen-bond donors (Lipinski definition) is 2. The molecule has 1 atom stereocenters. The number of hydrogen-bond acceptors (Lipinski definition) is 4. The van der Waals surface area contributed by atoms with E-state index in [1.807, 2.05) is 0 Å². The fourth-order valence-electron chi connectivity index (χ4n) is 1.97. The molecule has 25 heavy (non-hydrogen) atoms. The van der Waals surface area contributed by atoms with Crippen LogP contribution in [0.15, 0.2) is 30.5 Å². The van der Waals surface area contributed by atoms with E-state index in [4.69, 9.17) is 5.11 Å². The molecule has 2 rings (SSSR count). The maximum atomic E-state index is 13.1. The number of nitrogens with zero attached hydrogens (tertiary/aromatic N) is 3. The minimum absolute atomic E-state index is 0.0724. The first kappa shape index (κ1) is 18.4. The molecule has 0 saturated carbocycles. The molecule has 1 unspecified atom stereocenters. The summed E-state index contributed by atoms with van der Waals surface area (Å²) in [6, 6.07) is 3.43. The zero-order valence-electron chi connectivity index (χ0n) is 12.5. The highest BCUT2D eigenvalue weighted by molar-refractivity contribution is 5.94. The second kappa shape index (κ2) is 7.28. The Kier molecular flexibility index (Phi) is 5.35. The predicted molar refractivity (Wildman–Crippen MR) is 75.1 cm³/mol. The Morgan fingerprint density at radius 1 is 1.32 bits per heavy atom. The zero-order valence-corrected chi connectivity index (χ0v) is 12.5. The summed E-state index contributed by atoms with van der Waals surface area (Å²) in [5.41, 5.74) is 0.169. The molecule has 11 heteroatoms. The van der Waals surface area contributed by atoms with Gasteiger partial charge >= 0.3 is 12.1 Å². The van der Waals surface area contributed by atoms with E-state index in [1.165, 1.54) is 22.9 Å². The number of carbonyl (C=O) groups excluding carboxylic acids is 1. The lowest BCUT2D eigenvalue weighted by molar-refractivity contribution is -0.157. The maximum Gasteiger partial charge on any atom is 0.391 e. The van der Waals surface area contributed by atoms with Crippen LogP contribution in [0.3, 0.4) is 0 Å². The molecule has 1 amide bonds. The van der Waals surface area contributed by atoms with E-state index < -0.39 is 36.3 Å². The monoisotopic (exact) mass is 360 g/mol. The predicted octanol–water partition coefficient (Wildman–Crippen LogP) is 1.60. The Labute approximate surface area is 138 Å². The maximum absolute atomic E-state index is 13.1. The molecule has 0 saturated heterocycles. The first-order valence-corrected chi connectivity index (χ1v) is 6.89. The van der Waals surface area contributed by atoms with Crippen LogP contribution in [0.1, 0.15) is 22.5 Å². The molecule has 2 aromatic rings. The largest absolute Gasteiger partial charge is 0.480 e. The number of alkyl halides is 3. The number of amides is 1. The van der Waals surface area contributed by atoms with Crippen molar-refractivity contribution in [2.75, 3.05) is 0 Å². The van der Waals surface area contributed by atoms with E-state index in [2.05, 4.69) is 10.3 Å². The third-order valence-corrected chi connectivity index (χ3v) is 3.04. The summed E-state index contributed by atoms with van der Waals surface area (Å²) >= 11 is 0. The standard InChI is InChI=1S/C14H12F4N4O3/c15-9-3-1-2-8(4-9)6-22-7-11(20-21-22)12(23)19-10(13(24)25)5-14(16,17)18/h1-4,7,10H,5-6H2,(H,19,23)(H,24,25). The molecule has 1 heterocycles. The van der Waals surface area contributed by atoms with Crippen molar-refractivity contribution < 1.29 is 32.3 Å². The topological polar surface area (TPSA) is 97.1 Å². The van der Waals surface area contributed by atoms with Crippen molar-refractivity contribution in [1.29, 1.82) is 0 Å². The van der Waals surface area contributed by atoms with Gasteiger partial charge in [0.1, 0.15) is 11.9 Å². The summed E-state index contributed by atoms with van der Waals surface area (Å²) < 4.78 is 51.2. The zero-order chi connectivity index (χ0) is 18.6. The summed E-state index contributed by atoms with van der Waals surface area (Å²) in [5.74, 6) is -3.40. The molecule has 2 N–H and O–H groups in total. The fraction of sp³-hybridized carbons (Fsp3) is 0.286. The lowest BCUT2D eigenvalue weighted by atomic mass is 10.2. The number of carboxylic acids is 1. The van der Waals surface area contributed by atoms with E-state index in [-0.39, 0.29) is 12.2 Å². The molecule has 0 aliphatic carbocycles. The van der Waals surface area contributed by atoms with Gasteiger partial charge in [0.25, 0.3) is 5.91 Å². The van der Waals surface area contributed by atoms with Crippen LogP contribution in [0.25, 0.3) is 0 Å². The van der Waals surface area contributed by atoms with Gasteiger partial charge in [-0.3, -0.25) is 4.79 Å². The average molecular weight is 360 g/mol. The molecule has 0 aliphatic heterocycles. The summed E-state index contributed by atoms with van der Waals surface area (Å²) in [4.78, 5) is 22.7. The Morgan fingerprint density at radius 3 is 2.64 bits per heavy atom. The van der Waals surface area contributed by atoms with E-state index in [0.29, 0.717) is 5.56 Å². The summed E-state index contributed by atoms with van der Waals surface area (Å²) in [6.45, 7) is 0.0724. The van der Waals surface area contributed by atoms with Crippen molar-refractivity contribution in [2.45, 2.75) is 25.2 Å². The first-order chi connectivity index (χ1) is 11.6. The van der Waals surface area contributed by atoms with Crippen LogP contribution in [0, 0.1) is 5.82 Å². The number of aromatic nitrogens is 3. The number of carboxylic acid groups (broad SMARTS) is 1. The van der Waals surface area contributed by atoms with Gasteiger partial charge in [0.2, 0.25) is 0 Å². The summed E-state index contributed by atoms with van der Waals surface area (Å²) in [7, 11) is 0. The summed E-state index contributed by atoms with van der Waals surface area (Å²) in [6.07, 6.45) is -5.36. The third kappa shape index (κ3) is 5.55. The molecule has 134 valence electrons. The van der Waals surface area contributed by atoms with Crippen molar-refractivity contribution in [3.05, 3.63) is 47.5 Å². The molecule has 7 nitrogen and oxygen atoms in total. The van der Waals surface area contributed by atoms with E-state index in [0.717, 1.165) is 6.20 Å². The number of benzene rings is 1. The van der Waals surface area contributed by atoms with Gasteiger partial charge in [-0.25, -0.2) is 13.9 Å². The molecular weight excluding hydrogens is 348 g/mol. The van der Waals surface area contributed by atoms with Crippen LogP contribution in [-0.2, 0) is 11.3 Å². The summed E-state index contributed by atoms with van der Waals surface area (Å²) in [5, 5.41) is 17.6. The molecule has 0 aliphatic rings. The molecule has 1 aromatic carbocycles. The highest BCUT2D eigenvalue weighted by Crippen LogP contribution is 2.21. The molecule has 0 fully saturated rings. The van der Waals surface area contributed by atoms with E-state index in [9.17, 15) is 27.2 Å². The number of halogens is 4. The van der Waals surface area contributed by atoms with Crippen molar-refractivity contribution in [3.63, 3.8) is 0 Å². The fourth-order valence-corrected chi connectivity index (χ4v) is 1.97. The number of aliphatic carboxylic acids is 1. The minimum Gasteiger partial charge on any atom is -0.480 e. The Balaban J connectivity index is 2.05. The van der Waals surface area contributed by atoms with Gasteiger partial charge in [0.15, 0.2) is 5.69 Å². The van der Waals surface area contributed by atoms with Gasteiger partial charge < -0.3 is 10.4 Å². The number of nitrogens with one attached hydrogen (secondary N) is 1. The normalized spacial score (nSPS) is 12.6. The van der Waals surface area contributed by atoms with Gasteiger partial charge in [0.05, 0.1) is 19.2 Å². The molecule has 0 spiro atoms. The van der Waals surface area contributed by atoms with Gasteiger partial charge in [-0.05, 0) is 17.7 Å². The van der Waals surface area contributed by atoms with Crippen LogP contribution in [0.5, 0.6) is 0 Å². The van der Waals surface area contributed by atoms with E-state index >= 15 is 0 Å². The van der Waals surface area contributed by atoms with Gasteiger partial charge in [-0.15, -0.1) is 5.10 Å². The quantitative estimate of drug-likeness (QED) is 0.763. The van der Waals surface area contributed by atoms with Crippen LogP contribution >= 0.6 is 0 Å². The van der Waals surface area contributed by atoms with Gasteiger partial charge in [-0.2, -0.15) is 13.2 Å². The van der Waals surface area contributed by atoms with Gasteiger partial charge in [0, 0.05) is 0 Å². The highest BCUT2D eigenvalue weighted by Gasteiger charge is 2.36. The van der Waals surface area contributed by atoms with E-state index in [1.54, 1.807) is 11.4 Å². The smallest absolute Gasteiger partial charge is 0.391 e. The van der Waals surface area contributed by atoms with Crippen LogP contribution in [0.2, 0.25) is 0 Å². The van der Waals surface area contributed by atoms with Crippen molar-refractivity contribution in [3.8, 4) is 0 Å². The highest BCUT2D eigenvalue weighted by atomic mass is 19.4. The number of carbonyl (C=O) groups is 2. The van der Waals surface area contributed by atoms with Crippen molar-refractivity contribution in [2.24, 2.45) is 0 Å². The van der Waals surface area contributed by atoms with Crippen molar-refractivity contribution >= 4 is 11.9 Å². The average Bonchev–Trinajstić information content (AvgIpc) is 2.93. The lowest BCUT2D eigenvalue weighted by Gasteiger charge is -2.15. The second-order valence-electron chi connectivity index (χ2n) is 5.11. The van der Waals surface area contributed by atoms with Gasteiger partial charge in [-0.1, -0.05) is 17.3 Å². The Bertz CT molecular complexity index is 775. The third-order valence-electron chi connectivity index (χ3n) is 3.04. The molecule has 0 bridgehead atoms. The molecule has 0 radical (unpaired) electrons. The lowest BCUT2D eigenvalue weighted by Crippen LogP contribution is -2.43. The molecular formula is C14H12F4N4O3. The second-order valence-corrected chi connectivity index (χ2v) is 5.11. The Hall–Kier alpha value is -2.98. The van der Waals surface area contributed by atoms with Crippen LogP contribution < -0.4 is 5.32 Å². The van der Waals surface area contributed by atoms with Crippen LogP contribution in [-0.4, -0.2) is 44.2 Å². The molecule has 1 aromatic heterocycles. The van der Waals surface area contributed by atoms with Crippen LogP contribution in [0.4, 0.5) is 17.6 Å². The first-order valence-electron chi connectivity index (χ1n) is 6.89. The number of rotatable bonds is 6.